The lowest BCUT2D eigenvalue weighted by molar-refractivity contribution is -0.146. The molecule has 1 aromatic rings. The zero-order valence-corrected chi connectivity index (χ0v) is 11.9. The zero-order valence-electron chi connectivity index (χ0n) is 11.9. The van der Waals surface area contributed by atoms with Gasteiger partial charge in [0.2, 0.25) is 0 Å². The van der Waals surface area contributed by atoms with Gasteiger partial charge in [-0.1, -0.05) is 25.1 Å². The SMILES string of the molecule is CCNC(CCOc1ccccc1C)C(=O)OCC. The standard InChI is InChI=1S/C15H23NO3/c1-4-16-13(15(17)18-5-2)10-11-19-14-9-7-6-8-12(14)3/h6-9,13,16H,4-5,10-11H2,1-3H3. The Hall–Kier alpha value is -1.55. The number of para-hydroxylation sites is 1. The van der Waals surface area contributed by atoms with Crippen LogP contribution in [0.3, 0.4) is 0 Å². The Balaban J connectivity index is 2.44. The highest BCUT2D eigenvalue weighted by Gasteiger charge is 2.18. The van der Waals surface area contributed by atoms with Crippen LogP contribution in [0.25, 0.3) is 0 Å². The highest BCUT2D eigenvalue weighted by molar-refractivity contribution is 5.75. The third-order valence-corrected chi connectivity index (χ3v) is 2.78. The molecule has 106 valence electrons. The number of nitrogens with one attached hydrogen (secondary N) is 1. The average molecular weight is 265 g/mol. The predicted molar refractivity (Wildman–Crippen MR) is 75.4 cm³/mol. The number of carbonyl (C=O) groups is 1. The molecule has 4 heteroatoms. The van der Waals surface area contributed by atoms with E-state index >= 15 is 0 Å². The average Bonchev–Trinajstić information content (AvgIpc) is 2.40. The maximum absolute atomic E-state index is 11.7. The number of likely N-dealkylation sites (N-methyl/N-ethyl adjacent to an activating group) is 1. The second-order valence-corrected chi connectivity index (χ2v) is 4.26. The molecule has 0 bridgehead atoms. The number of aryl methyl sites for hydroxylation is 1. The normalized spacial score (nSPS) is 11.9. The first-order chi connectivity index (χ1) is 9.19. The molecule has 0 aliphatic rings. The number of benzene rings is 1. The van der Waals surface area contributed by atoms with Crippen molar-refractivity contribution in [1.82, 2.24) is 5.32 Å². The Morgan fingerprint density at radius 3 is 2.68 bits per heavy atom. The van der Waals surface area contributed by atoms with Crippen LogP contribution in [0.4, 0.5) is 0 Å². The van der Waals surface area contributed by atoms with E-state index in [1.54, 1.807) is 0 Å². The molecule has 0 aliphatic heterocycles. The van der Waals surface area contributed by atoms with Crippen molar-refractivity contribution in [3.8, 4) is 5.75 Å². The summed E-state index contributed by atoms with van der Waals surface area (Å²) in [6.45, 7) is 7.40. The summed E-state index contributed by atoms with van der Waals surface area (Å²) in [7, 11) is 0. The van der Waals surface area contributed by atoms with Gasteiger partial charge in [-0.3, -0.25) is 4.79 Å². The van der Waals surface area contributed by atoms with E-state index in [-0.39, 0.29) is 12.0 Å². The molecule has 0 aromatic heterocycles. The molecule has 4 nitrogen and oxygen atoms in total. The van der Waals surface area contributed by atoms with Crippen LogP contribution in [0.5, 0.6) is 5.75 Å². The largest absolute Gasteiger partial charge is 0.493 e. The molecule has 0 radical (unpaired) electrons. The van der Waals surface area contributed by atoms with E-state index < -0.39 is 0 Å². The van der Waals surface area contributed by atoms with Crippen molar-refractivity contribution in [3.05, 3.63) is 29.8 Å². The van der Waals surface area contributed by atoms with Gasteiger partial charge in [0.1, 0.15) is 11.8 Å². The van der Waals surface area contributed by atoms with Crippen LogP contribution >= 0.6 is 0 Å². The van der Waals surface area contributed by atoms with E-state index in [1.165, 1.54) is 0 Å². The van der Waals surface area contributed by atoms with Crippen molar-refractivity contribution < 1.29 is 14.3 Å². The minimum absolute atomic E-state index is 0.210. The fourth-order valence-electron chi connectivity index (χ4n) is 1.80. The van der Waals surface area contributed by atoms with E-state index in [4.69, 9.17) is 9.47 Å². The molecule has 1 N–H and O–H groups in total. The van der Waals surface area contributed by atoms with Crippen LogP contribution < -0.4 is 10.1 Å². The number of hydrogen-bond acceptors (Lipinski definition) is 4. The summed E-state index contributed by atoms with van der Waals surface area (Å²) in [5.41, 5.74) is 1.10. The zero-order chi connectivity index (χ0) is 14.1. The van der Waals surface area contributed by atoms with Crippen LogP contribution in [0, 0.1) is 6.92 Å². The minimum atomic E-state index is -0.297. The van der Waals surface area contributed by atoms with Crippen molar-refractivity contribution >= 4 is 5.97 Å². The van der Waals surface area contributed by atoms with Crippen molar-refractivity contribution in [1.29, 1.82) is 0 Å². The molecule has 19 heavy (non-hydrogen) atoms. The molecule has 0 fully saturated rings. The Morgan fingerprint density at radius 2 is 2.05 bits per heavy atom. The molecule has 1 unspecified atom stereocenters. The smallest absolute Gasteiger partial charge is 0.323 e. The lowest BCUT2D eigenvalue weighted by Gasteiger charge is -2.17. The molecule has 0 heterocycles. The summed E-state index contributed by atoms with van der Waals surface area (Å²) < 4.78 is 10.7. The van der Waals surface area contributed by atoms with Gasteiger partial charge in [0.15, 0.2) is 0 Å². The monoisotopic (exact) mass is 265 g/mol. The van der Waals surface area contributed by atoms with Gasteiger partial charge in [-0.05, 0) is 32.0 Å². The van der Waals surface area contributed by atoms with Crippen LogP contribution in [-0.4, -0.2) is 31.8 Å². The van der Waals surface area contributed by atoms with Gasteiger partial charge < -0.3 is 14.8 Å². The second-order valence-electron chi connectivity index (χ2n) is 4.26. The Bertz CT molecular complexity index is 393. The fraction of sp³-hybridized carbons (Fsp3) is 0.533. The molecular formula is C15H23NO3. The number of carbonyl (C=O) groups excluding carboxylic acids is 1. The number of ether oxygens (including phenoxy) is 2. The van der Waals surface area contributed by atoms with Crippen molar-refractivity contribution in [2.45, 2.75) is 33.2 Å². The molecule has 0 saturated heterocycles. The maximum Gasteiger partial charge on any atom is 0.323 e. The van der Waals surface area contributed by atoms with Gasteiger partial charge in [-0.15, -0.1) is 0 Å². The van der Waals surface area contributed by atoms with Gasteiger partial charge in [0.25, 0.3) is 0 Å². The molecule has 1 aromatic carbocycles. The van der Waals surface area contributed by atoms with E-state index in [1.807, 2.05) is 45.0 Å². The van der Waals surface area contributed by atoms with Gasteiger partial charge >= 0.3 is 5.97 Å². The first-order valence-corrected chi connectivity index (χ1v) is 6.77. The molecule has 0 aliphatic carbocycles. The molecular weight excluding hydrogens is 242 g/mol. The molecule has 0 amide bonds. The van der Waals surface area contributed by atoms with E-state index in [2.05, 4.69) is 5.32 Å². The van der Waals surface area contributed by atoms with E-state index in [0.29, 0.717) is 19.6 Å². The summed E-state index contributed by atoms with van der Waals surface area (Å²) in [6.07, 6.45) is 0.598. The van der Waals surface area contributed by atoms with E-state index in [9.17, 15) is 4.79 Å². The summed E-state index contributed by atoms with van der Waals surface area (Å²) >= 11 is 0. The summed E-state index contributed by atoms with van der Waals surface area (Å²) in [6, 6.07) is 7.55. The highest BCUT2D eigenvalue weighted by atomic mass is 16.5. The van der Waals surface area contributed by atoms with Crippen LogP contribution in [0.2, 0.25) is 0 Å². The van der Waals surface area contributed by atoms with Crippen LogP contribution in [0.1, 0.15) is 25.8 Å². The summed E-state index contributed by atoms with van der Waals surface area (Å²) in [5, 5.41) is 3.11. The topological polar surface area (TPSA) is 47.6 Å². The third-order valence-electron chi connectivity index (χ3n) is 2.78. The quantitative estimate of drug-likeness (QED) is 0.733. The first kappa shape index (κ1) is 15.5. The number of esters is 1. The van der Waals surface area contributed by atoms with Crippen molar-refractivity contribution in [3.63, 3.8) is 0 Å². The first-order valence-electron chi connectivity index (χ1n) is 6.77. The van der Waals surface area contributed by atoms with Crippen LogP contribution in [0.15, 0.2) is 24.3 Å². The number of rotatable bonds is 8. The van der Waals surface area contributed by atoms with Gasteiger partial charge in [-0.25, -0.2) is 0 Å². The molecule has 0 spiro atoms. The minimum Gasteiger partial charge on any atom is -0.493 e. The number of hydrogen-bond donors (Lipinski definition) is 1. The lowest BCUT2D eigenvalue weighted by atomic mass is 10.2. The Morgan fingerprint density at radius 1 is 1.32 bits per heavy atom. The van der Waals surface area contributed by atoms with Crippen molar-refractivity contribution in [2.75, 3.05) is 19.8 Å². The predicted octanol–water partition coefficient (Wildman–Crippen LogP) is 2.31. The summed E-state index contributed by atoms with van der Waals surface area (Å²) in [5.74, 6) is 0.652. The highest BCUT2D eigenvalue weighted by Crippen LogP contribution is 2.16. The van der Waals surface area contributed by atoms with Crippen LogP contribution in [-0.2, 0) is 9.53 Å². The van der Waals surface area contributed by atoms with Crippen molar-refractivity contribution in [2.24, 2.45) is 0 Å². The lowest BCUT2D eigenvalue weighted by Crippen LogP contribution is -2.39. The summed E-state index contributed by atoms with van der Waals surface area (Å²) in [4.78, 5) is 11.7. The Labute approximate surface area is 115 Å². The maximum atomic E-state index is 11.7. The van der Waals surface area contributed by atoms with Gasteiger partial charge in [-0.2, -0.15) is 0 Å². The molecule has 1 rings (SSSR count). The second kappa shape index (κ2) is 8.53. The van der Waals surface area contributed by atoms with E-state index in [0.717, 1.165) is 17.9 Å². The third kappa shape index (κ3) is 5.30. The molecule has 1 atom stereocenters. The van der Waals surface area contributed by atoms with Gasteiger partial charge in [0, 0.05) is 6.42 Å². The van der Waals surface area contributed by atoms with Gasteiger partial charge in [0.05, 0.1) is 13.2 Å². The Kier molecular flexibility index (Phi) is 6.97. The fourth-order valence-corrected chi connectivity index (χ4v) is 1.80. The molecule has 0 saturated carbocycles.